The molecule has 1 unspecified atom stereocenters. The van der Waals surface area contributed by atoms with Crippen LogP contribution in [0.15, 0.2) is 60.8 Å². The van der Waals surface area contributed by atoms with Gasteiger partial charge in [0.2, 0.25) is 17.7 Å². The molecule has 1 aromatic heterocycles. The molecular formula is C30H40N6O3. The van der Waals surface area contributed by atoms with Gasteiger partial charge in [-0.05, 0) is 50.3 Å². The van der Waals surface area contributed by atoms with Gasteiger partial charge in [0.15, 0.2) is 0 Å². The number of carbonyl (C=O) groups excluding carboxylic acids is 3. The van der Waals surface area contributed by atoms with Crippen LogP contribution in [0.25, 0.3) is 10.9 Å². The number of carbonyl (C=O) groups is 3. The number of piperidine rings is 1. The van der Waals surface area contributed by atoms with Gasteiger partial charge in [-0.2, -0.15) is 0 Å². The number of aromatic amines is 1. The smallest absolute Gasteiger partial charge is 0.245 e. The van der Waals surface area contributed by atoms with Crippen molar-refractivity contribution in [3.8, 4) is 0 Å². The van der Waals surface area contributed by atoms with Gasteiger partial charge < -0.3 is 20.9 Å². The van der Waals surface area contributed by atoms with Gasteiger partial charge in [-0.15, -0.1) is 0 Å². The average molecular weight is 533 g/mol. The second-order valence-electron chi connectivity index (χ2n) is 11.5. The summed E-state index contributed by atoms with van der Waals surface area (Å²) in [4.78, 5) is 45.7. The van der Waals surface area contributed by atoms with E-state index in [9.17, 15) is 14.4 Å². The minimum Gasteiger partial charge on any atom is -0.361 e. The minimum atomic E-state index is -1.15. The van der Waals surface area contributed by atoms with Crippen molar-refractivity contribution in [1.82, 2.24) is 25.6 Å². The standard InChI is InChI=1S/C30H40N6O3/c1-29(2,31)27(38)33-25(17-22-19-32-24-14-9-8-13-23(22)24)26(37)36-16-10-15-30(20-36,28(39)34-35(3)4)18-21-11-6-5-7-12-21/h5-9,11-14,19,25,32H,10,15-18,20,31H2,1-4H3,(H,33,38)(H,34,39)/t25-,30?/m1/s1. The Labute approximate surface area is 230 Å². The molecular weight excluding hydrogens is 492 g/mol. The van der Waals surface area contributed by atoms with Crippen LogP contribution in [0.4, 0.5) is 0 Å². The van der Waals surface area contributed by atoms with Crippen molar-refractivity contribution in [3.05, 3.63) is 71.9 Å². The van der Waals surface area contributed by atoms with Crippen LogP contribution >= 0.6 is 0 Å². The van der Waals surface area contributed by atoms with Crippen LogP contribution in [0.5, 0.6) is 0 Å². The molecule has 2 heterocycles. The Bertz CT molecular complexity index is 1310. The van der Waals surface area contributed by atoms with Crippen LogP contribution in [0, 0.1) is 5.41 Å². The van der Waals surface area contributed by atoms with Crippen molar-refractivity contribution in [2.24, 2.45) is 11.1 Å². The highest BCUT2D eigenvalue weighted by Gasteiger charge is 2.45. The third kappa shape index (κ3) is 6.66. The summed E-state index contributed by atoms with van der Waals surface area (Å²) in [6, 6.07) is 16.9. The van der Waals surface area contributed by atoms with Crippen LogP contribution in [0.2, 0.25) is 0 Å². The predicted molar refractivity (Wildman–Crippen MR) is 152 cm³/mol. The summed E-state index contributed by atoms with van der Waals surface area (Å²) in [5.41, 5.74) is 9.99. The van der Waals surface area contributed by atoms with Gasteiger partial charge in [-0.25, -0.2) is 5.01 Å². The summed E-state index contributed by atoms with van der Waals surface area (Å²) in [6.07, 6.45) is 4.02. The fourth-order valence-corrected chi connectivity index (χ4v) is 5.32. The van der Waals surface area contributed by atoms with Gasteiger partial charge in [0.05, 0.1) is 11.0 Å². The molecule has 1 saturated heterocycles. The van der Waals surface area contributed by atoms with E-state index in [1.807, 2.05) is 60.8 Å². The Morgan fingerprint density at radius 2 is 1.79 bits per heavy atom. The maximum Gasteiger partial charge on any atom is 0.245 e. The number of likely N-dealkylation sites (tertiary alicyclic amines) is 1. The molecule has 0 spiro atoms. The number of fused-ring (bicyclic) bond motifs is 1. The second kappa shape index (κ2) is 11.6. The topological polar surface area (TPSA) is 124 Å². The summed E-state index contributed by atoms with van der Waals surface area (Å²) in [7, 11) is 3.56. The maximum atomic E-state index is 14.1. The molecule has 0 aliphatic carbocycles. The van der Waals surface area contributed by atoms with E-state index in [0.29, 0.717) is 32.2 Å². The number of H-pyrrole nitrogens is 1. The number of benzene rings is 2. The molecule has 2 aromatic carbocycles. The summed E-state index contributed by atoms with van der Waals surface area (Å²) >= 11 is 0. The third-order valence-electron chi connectivity index (χ3n) is 7.37. The van der Waals surface area contributed by atoms with E-state index in [0.717, 1.165) is 22.0 Å². The Morgan fingerprint density at radius 1 is 1.10 bits per heavy atom. The van der Waals surface area contributed by atoms with E-state index >= 15 is 0 Å². The summed E-state index contributed by atoms with van der Waals surface area (Å²) in [5, 5.41) is 5.55. The fourth-order valence-electron chi connectivity index (χ4n) is 5.32. The van der Waals surface area contributed by atoms with E-state index in [-0.39, 0.29) is 18.4 Å². The number of hydrogen-bond acceptors (Lipinski definition) is 5. The first kappa shape index (κ1) is 28.3. The quantitative estimate of drug-likeness (QED) is 0.315. The van der Waals surface area contributed by atoms with E-state index in [2.05, 4.69) is 15.7 Å². The largest absolute Gasteiger partial charge is 0.361 e. The molecule has 0 bridgehead atoms. The molecule has 5 N–H and O–H groups in total. The van der Waals surface area contributed by atoms with Gasteiger partial charge in [-0.3, -0.25) is 19.8 Å². The van der Waals surface area contributed by atoms with E-state index in [4.69, 9.17) is 5.73 Å². The third-order valence-corrected chi connectivity index (χ3v) is 7.37. The number of aromatic nitrogens is 1. The lowest BCUT2D eigenvalue weighted by Gasteiger charge is -2.43. The zero-order valence-corrected chi connectivity index (χ0v) is 23.3. The SMILES string of the molecule is CN(C)NC(=O)C1(Cc2ccccc2)CCCN(C(=O)[C@@H](Cc2c[nH]c3ccccc23)NC(=O)C(C)(C)N)C1. The molecule has 9 nitrogen and oxygen atoms in total. The van der Waals surface area contributed by atoms with Crippen molar-refractivity contribution in [2.45, 2.75) is 51.1 Å². The van der Waals surface area contributed by atoms with Gasteiger partial charge in [0, 0.05) is 50.7 Å². The molecule has 0 radical (unpaired) electrons. The van der Waals surface area contributed by atoms with Crippen molar-refractivity contribution >= 4 is 28.6 Å². The van der Waals surface area contributed by atoms with Crippen LogP contribution < -0.4 is 16.5 Å². The molecule has 1 aliphatic heterocycles. The van der Waals surface area contributed by atoms with Gasteiger partial charge in [0.1, 0.15) is 6.04 Å². The zero-order valence-electron chi connectivity index (χ0n) is 23.3. The highest BCUT2D eigenvalue weighted by atomic mass is 16.2. The maximum absolute atomic E-state index is 14.1. The molecule has 3 amide bonds. The van der Waals surface area contributed by atoms with Crippen LogP contribution in [0.1, 0.15) is 37.8 Å². The number of nitrogens with one attached hydrogen (secondary N) is 3. The molecule has 1 aliphatic rings. The van der Waals surface area contributed by atoms with Crippen molar-refractivity contribution in [1.29, 1.82) is 0 Å². The van der Waals surface area contributed by atoms with Crippen LogP contribution in [0.3, 0.4) is 0 Å². The molecule has 2 atom stereocenters. The molecule has 9 heteroatoms. The zero-order chi connectivity index (χ0) is 28.2. The molecule has 4 rings (SSSR count). The Morgan fingerprint density at radius 3 is 2.49 bits per heavy atom. The number of hydrazine groups is 1. The molecule has 0 saturated carbocycles. The highest BCUT2D eigenvalue weighted by molar-refractivity contribution is 5.93. The normalized spacial score (nSPS) is 18.7. The lowest BCUT2D eigenvalue weighted by molar-refractivity contribution is -0.146. The number of amides is 3. The van der Waals surface area contributed by atoms with E-state index in [1.54, 1.807) is 37.9 Å². The monoisotopic (exact) mass is 532 g/mol. The Kier molecular flexibility index (Phi) is 8.42. The van der Waals surface area contributed by atoms with Crippen LogP contribution in [-0.2, 0) is 27.2 Å². The van der Waals surface area contributed by atoms with Gasteiger partial charge in [-0.1, -0.05) is 48.5 Å². The van der Waals surface area contributed by atoms with Crippen LogP contribution in [-0.4, -0.2) is 71.4 Å². The van der Waals surface area contributed by atoms with E-state index < -0.39 is 22.9 Å². The number of nitrogens with two attached hydrogens (primary N) is 1. The number of para-hydroxylation sites is 1. The fraction of sp³-hybridized carbons (Fsp3) is 0.433. The minimum absolute atomic E-state index is 0.117. The lowest BCUT2D eigenvalue weighted by atomic mass is 9.74. The van der Waals surface area contributed by atoms with Crippen molar-refractivity contribution in [3.63, 3.8) is 0 Å². The van der Waals surface area contributed by atoms with Crippen molar-refractivity contribution < 1.29 is 14.4 Å². The first-order chi connectivity index (χ1) is 18.5. The van der Waals surface area contributed by atoms with Gasteiger partial charge in [0.25, 0.3) is 0 Å². The molecule has 208 valence electrons. The number of rotatable bonds is 9. The highest BCUT2D eigenvalue weighted by Crippen LogP contribution is 2.35. The van der Waals surface area contributed by atoms with Crippen molar-refractivity contribution in [2.75, 3.05) is 27.2 Å². The number of hydrogen-bond donors (Lipinski definition) is 4. The summed E-state index contributed by atoms with van der Waals surface area (Å²) < 4.78 is 0. The molecule has 3 aromatic rings. The Balaban J connectivity index is 1.64. The summed E-state index contributed by atoms with van der Waals surface area (Å²) in [5.74, 6) is -0.736. The molecule has 1 fully saturated rings. The summed E-state index contributed by atoms with van der Waals surface area (Å²) in [6.45, 7) is 4.00. The lowest BCUT2D eigenvalue weighted by Crippen LogP contribution is -2.61. The molecule has 39 heavy (non-hydrogen) atoms. The second-order valence-corrected chi connectivity index (χ2v) is 11.5. The van der Waals surface area contributed by atoms with Gasteiger partial charge >= 0.3 is 0 Å². The average Bonchev–Trinajstić information content (AvgIpc) is 3.30. The predicted octanol–water partition coefficient (Wildman–Crippen LogP) is 2.38. The Hall–Kier alpha value is -3.69. The number of nitrogens with zero attached hydrogens (tertiary/aromatic N) is 2. The first-order valence-electron chi connectivity index (χ1n) is 13.4. The first-order valence-corrected chi connectivity index (χ1v) is 13.4. The van der Waals surface area contributed by atoms with E-state index in [1.165, 1.54) is 0 Å².